The Morgan fingerprint density at radius 1 is 1.42 bits per heavy atom. The van der Waals surface area contributed by atoms with E-state index in [0.29, 0.717) is 24.7 Å². The second kappa shape index (κ2) is 11.2. The van der Waals surface area contributed by atoms with Crippen LogP contribution < -0.4 is 16.0 Å². The highest BCUT2D eigenvalue weighted by Crippen LogP contribution is 2.10. The number of carbonyl (C=O) groups excluding carboxylic acids is 1. The molecule has 0 bridgehead atoms. The summed E-state index contributed by atoms with van der Waals surface area (Å²) in [5.74, 6) is -0.125. The Morgan fingerprint density at radius 3 is 2.92 bits per heavy atom. The van der Waals surface area contributed by atoms with Crippen LogP contribution in [0.3, 0.4) is 0 Å². The summed E-state index contributed by atoms with van der Waals surface area (Å²) >= 11 is 0. The molecule has 1 atom stereocenters. The van der Waals surface area contributed by atoms with Crippen LogP contribution in [0, 0.1) is 5.82 Å². The first-order chi connectivity index (χ1) is 11.2. The van der Waals surface area contributed by atoms with Crippen molar-refractivity contribution in [1.29, 1.82) is 0 Å². The summed E-state index contributed by atoms with van der Waals surface area (Å²) in [5, 5.41) is 8.85. The van der Waals surface area contributed by atoms with Crippen molar-refractivity contribution in [3.05, 3.63) is 30.1 Å². The van der Waals surface area contributed by atoms with Crippen LogP contribution in [0.15, 0.2) is 29.3 Å². The number of hydrogen-bond acceptors (Lipinski definition) is 3. The maximum absolute atomic E-state index is 13.1. The highest BCUT2D eigenvalue weighted by Gasteiger charge is 2.15. The Bertz CT molecular complexity index is 551. The van der Waals surface area contributed by atoms with Crippen molar-refractivity contribution in [2.24, 2.45) is 4.99 Å². The van der Waals surface area contributed by atoms with E-state index in [1.165, 1.54) is 12.1 Å². The SMILES string of the molecule is CCNC(=NCC(=O)Nc1cccc(F)c1)NCC1CCCO1.I. The van der Waals surface area contributed by atoms with E-state index in [1.807, 2.05) is 6.92 Å². The molecule has 6 nitrogen and oxygen atoms in total. The number of halogens is 2. The van der Waals surface area contributed by atoms with Gasteiger partial charge < -0.3 is 20.7 Å². The van der Waals surface area contributed by atoms with Crippen molar-refractivity contribution in [2.45, 2.75) is 25.9 Å². The Labute approximate surface area is 158 Å². The highest BCUT2D eigenvalue weighted by atomic mass is 127. The number of anilines is 1. The summed E-state index contributed by atoms with van der Waals surface area (Å²) in [4.78, 5) is 16.1. The summed E-state index contributed by atoms with van der Waals surface area (Å²) in [7, 11) is 0. The summed E-state index contributed by atoms with van der Waals surface area (Å²) in [6.07, 6.45) is 2.31. The molecule has 1 aliphatic heterocycles. The van der Waals surface area contributed by atoms with Crippen LogP contribution in [0.1, 0.15) is 19.8 Å². The van der Waals surface area contributed by atoms with Gasteiger partial charge in [0.1, 0.15) is 12.4 Å². The second-order valence-corrected chi connectivity index (χ2v) is 5.27. The molecule has 1 saturated heterocycles. The predicted octanol–water partition coefficient (Wildman–Crippen LogP) is 2.12. The Balaban J connectivity index is 0.00000288. The average Bonchev–Trinajstić information content (AvgIpc) is 3.03. The third-order valence-electron chi connectivity index (χ3n) is 3.35. The molecule has 1 aromatic carbocycles. The van der Waals surface area contributed by atoms with Gasteiger partial charge in [-0.25, -0.2) is 9.38 Å². The number of nitrogens with zero attached hydrogens (tertiary/aromatic N) is 1. The standard InChI is InChI=1S/C16H23FN4O2.HI/c1-2-18-16(19-10-14-7-4-8-23-14)20-11-15(22)21-13-6-3-5-12(17)9-13;/h3,5-6,9,14H,2,4,7-8,10-11H2,1H3,(H,21,22)(H2,18,19,20);1H. The quantitative estimate of drug-likeness (QED) is 0.353. The molecule has 2 rings (SSSR count). The van der Waals surface area contributed by atoms with Crippen LogP contribution in [0.5, 0.6) is 0 Å². The van der Waals surface area contributed by atoms with Crippen molar-refractivity contribution in [3.63, 3.8) is 0 Å². The third-order valence-corrected chi connectivity index (χ3v) is 3.35. The molecule has 1 aromatic rings. The van der Waals surface area contributed by atoms with Gasteiger partial charge in [-0.3, -0.25) is 4.79 Å². The maximum atomic E-state index is 13.1. The minimum atomic E-state index is -0.391. The minimum Gasteiger partial charge on any atom is -0.376 e. The molecule has 0 aromatic heterocycles. The van der Waals surface area contributed by atoms with Gasteiger partial charge in [-0.15, -0.1) is 24.0 Å². The zero-order chi connectivity index (χ0) is 16.5. The zero-order valence-electron chi connectivity index (χ0n) is 13.7. The zero-order valence-corrected chi connectivity index (χ0v) is 16.0. The van der Waals surface area contributed by atoms with Gasteiger partial charge in [-0.05, 0) is 38.0 Å². The molecule has 134 valence electrons. The lowest BCUT2D eigenvalue weighted by molar-refractivity contribution is -0.114. The average molecular weight is 450 g/mol. The van der Waals surface area contributed by atoms with E-state index in [0.717, 1.165) is 19.4 Å². The van der Waals surface area contributed by atoms with Crippen molar-refractivity contribution in [2.75, 3.05) is 31.6 Å². The van der Waals surface area contributed by atoms with Crippen LogP contribution in [0.4, 0.5) is 10.1 Å². The van der Waals surface area contributed by atoms with Crippen molar-refractivity contribution >= 4 is 41.5 Å². The van der Waals surface area contributed by atoms with Crippen LogP contribution in [-0.2, 0) is 9.53 Å². The van der Waals surface area contributed by atoms with Gasteiger partial charge in [0, 0.05) is 25.4 Å². The number of aliphatic imine (C=N–C) groups is 1. The Morgan fingerprint density at radius 2 is 2.25 bits per heavy atom. The van der Waals surface area contributed by atoms with Gasteiger partial charge in [-0.1, -0.05) is 6.07 Å². The summed E-state index contributed by atoms with van der Waals surface area (Å²) in [5.41, 5.74) is 0.419. The molecule has 0 aliphatic carbocycles. The minimum absolute atomic E-state index is 0. The van der Waals surface area contributed by atoms with Gasteiger partial charge >= 0.3 is 0 Å². The fourth-order valence-electron chi connectivity index (χ4n) is 2.28. The van der Waals surface area contributed by atoms with E-state index in [4.69, 9.17) is 4.74 Å². The molecule has 8 heteroatoms. The van der Waals surface area contributed by atoms with Gasteiger partial charge in [0.05, 0.1) is 6.10 Å². The Kier molecular flexibility index (Phi) is 9.62. The number of nitrogens with one attached hydrogen (secondary N) is 3. The number of ether oxygens (including phenoxy) is 1. The van der Waals surface area contributed by atoms with Crippen molar-refractivity contribution in [1.82, 2.24) is 10.6 Å². The largest absolute Gasteiger partial charge is 0.376 e. The summed E-state index contributed by atoms with van der Waals surface area (Å²) in [6.45, 7) is 4.07. The normalized spacial score (nSPS) is 17.1. The van der Waals surface area contributed by atoms with Crippen LogP contribution in [0.2, 0.25) is 0 Å². The Hall–Kier alpha value is -1.42. The van der Waals surface area contributed by atoms with Gasteiger partial charge in [0.2, 0.25) is 5.91 Å². The molecule has 0 saturated carbocycles. The molecule has 1 aliphatic rings. The van der Waals surface area contributed by atoms with E-state index in [-0.39, 0.29) is 42.5 Å². The van der Waals surface area contributed by atoms with E-state index in [9.17, 15) is 9.18 Å². The number of benzene rings is 1. The fourth-order valence-corrected chi connectivity index (χ4v) is 2.28. The molecule has 0 spiro atoms. The van der Waals surface area contributed by atoms with Crippen LogP contribution in [-0.4, -0.2) is 44.2 Å². The smallest absolute Gasteiger partial charge is 0.246 e. The molecule has 0 radical (unpaired) electrons. The lowest BCUT2D eigenvalue weighted by Crippen LogP contribution is -2.41. The highest BCUT2D eigenvalue weighted by molar-refractivity contribution is 14.0. The van der Waals surface area contributed by atoms with E-state index >= 15 is 0 Å². The fraction of sp³-hybridized carbons (Fsp3) is 0.500. The molecule has 24 heavy (non-hydrogen) atoms. The molecule has 1 fully saturated rings. The third kappa shape index (κ3) is 7.43. The van der Waals surface area contributed by atoms with E-state index < -0.39 is 5.82 Å². The topological polar surface area (TPSA) is 74.8 Å². The molecular weight excluding hydrogens is 426 g/mol. The lowest BCUT2D eigenvalue weighted by atomic mass is 10.2. The summed E-state index contributed by atoms with van der Waals surface area (Å²) < 4.78 is 18.6. The van der Waals surface area contributed by atoms with Gasteiger partial charge in [0.15, 0.2) is 5.96 Å². The molecule has 3 N–H and O–H groups in total. The van der Waals surface area contributed by atoms with Gasteiger partial charge in [-0.2, -0.15) is 0 Å². The van der Waals surface area contributed by atoms with E-state index in [2.05, 4.69) is 20.9 Å². The molecule has 1 heterocycles. The number of guanidine groups is 1. The monoisotopic (exact) mass is 450 g/mol. The van der Waals surface area contributed by atoms with Crippen LogP contribution in [0.25, 0.3) is 0 Å². The first kappa shape index (κ1) is 20.6. The number of rotatable bonds is 6. The van der Waals surface area contributed by atoms with E-state index in [1.54, 1.807) is 12.1 Å². The second-order valence-electron chi connectivity index (χ2n) is 5.27. The maximum Gasteiger partial charge on any atom is 0.246 e. The number of hydrogen-bond donors (Lipinski definition) is 3. The first-order valence-corrected chi connectivity index (χ1v) is 7.86. The number of amides is 1. The first-order valence-electron chi connectivity index (χ1n) is 7.86. The van der Waals surface area contributed by atoms with Crippen LogP contribution >= 0.6 is 24.0 Å². The lowest BCUT2D eigenvalue weighted by Gasteiger charge is -2.14. The molecular formula is C16H24FIN4O2. The predicted molar refractivity (Wildman–Crippen MR) is 103 cm³/mol. The molecule has 1 amide bonds. The summed E-state index contributed by atoms with van der Waals surface area (Å²) in [6, 6.07) is 5.77. The van der Waals surface area contributed by atoms with Gasteiger partial charge in [0.25, 0.3) is 0 Å². The number of carbonyl (C=O) groups is 1. The van der Waals surface area contributed by atoms with Crippen molar-refractivity contribution < 1.29 is 13.9 Å². The molecule has 1 unspecified atom stereocenters. The van der Waals surface area contributed by atoms with Crippen molar-refractivity contribution in [3.8, 4) is 0 Å².